The first-order valence-corrected chi connectivity index (χ1v) is 29.5. The number of hydrogen-bond acceptors (Lipinski definition) is 2. The van der Waals surface area contributed by atoms with Crippen LogP contribution in [0.3, 0.4) is 0 Å². The molecule has 0 bridgehead atoms. The van der Waals surface area contributed by atoms with Gasteiger partial charge >= 0.3 is 18.9 Å². The van der Waals surface area contributed by atoms with Crippen LogP contribution in [0.1, 0.15) is 373 Å². The summed E-state index contributed by atoms with van der Waals surface area (Å²) in [5.41, 5.74) is 0. The van der Waals surface area contributed by atoms with Crippen LogP contribution in [0.15, 0.2) is 0 Å². The molecular weight excluding hydrogens is 748 g/mol. The zero-order valence-corrected chi connectivity index (χ0v) is 43.6. The molecule has 0 amide bonds. The Morgan fingerprint density at radius 3 is 0.403 bits per heavy atom. The van der Waals surface area contributed by atoms with E-state index >= 15 is 0 Å². The van der Waals surface area contributed by atoms with E-state index in [1.165, 1.54) is 347 Å². The second-order valence-corrected chi connectivity index (χ2v) is 20.6. The molecule has 0 unspecified atom stereocenters. The summed E-state index contributed by atoms with van der Waals surface area (Å²) in [7, 11) is 0. The van der Waals surface area contributed by atoms with Crippen molar-refractivity contribution in [2.45, 2.75) is 373 Å². The topological polar surface area (TPSA) is 40.1 Å². The average Bonchev–Trinajstić information content (AvgIpc) is 3.26. The van der Waals surface area contributed by atoms with Gasteiger partial charge in [0, 0.05) is 5.97 Å². The van der Waals surface area contributed by atoms with Crippen LogP contribution in [0.5, 0.6) is 0 Å². The van der Waals surface area contributed by atoms with Gasteiger partial charge in [0.15, 0.2) is 0 Å². The summed E-state index contributed by atoms with van der Waals surface area (Å²) in [6, 6.07) is 0. The van der Waals surface area contributed by atoms with Gasteiger partial charge in [0.25, 0.3) is 0 Å². The minimum Gasteiger partial charge on any atom is -0.550 e. The zero-order valence-electron chi connectivity index (χ0n) is 43.6. The van der Waals surface area contributed by atoms with Gasteiger partial charge in [-0.1, -0.05) is 360 Å². The second-order valence-electron chi connectivity index (χ2n) is 20.6. The molecule has 0 N–H and O–H groups in total. The third-order valence-electron chi connectivity index (χ3n) is 14.2. The molecule has 0 saturated carbocycles. The molecule has 0 rings (SSSR count). The standard InChI is InChI=1S/C59H118O2.Li/c1-2-3-4-5-6-7-8-9-10-11-12-13-14-15-16-17-18-19-20-21-22-23-24-25-26-27-28-29-30-31-32-33-34-35-36-37-38-39-40-41-42-43-44-45-46-47-48-49-50-51-52-53-54-55-56-57-58-59(60)61;/h2-58H2,1H3,(H,60,61);/q;+1/p-1. The van der Waals surface area contributed by atoms with Gasteiger partial charge in [0.2, 0.25) is 0 Å². The molecule has 0 radical (unpaired) electrons. The average molecular weight is 866 g/mol. The van der Waals surface area contributed by atoms with Crippen molar-refractivity contribution in [3.05, 3.63) is 0 Å². The fraction of sp³-hybridized carbons (Fsp3) is 0.983. The zero-order chi connectivity index (χ0) is 43.9. The monoisotopic (exact) mass is 865 g/mol. The molecule has 0 saturated heterocycles. The molecule has 2 nitrogen and oxygen atoms in total. The van der Waals surface area contributed by atoms with Crippen LogP contribution in [0.25, 0.3) is 0 Å². The third-order valence-corrected chi connectivity index (χ3v) is 14.2. The van der Waals surface area contributed by atoms with Gasteiger partial charge in [-0.25, -0.2) is 0 Å². The Balaban J connectivity index is 0. The summed E-state index contributed by atoms with van der Waals surface area (Å²) in [6.45, 7) is 2.31. The Hall–Kier alpha value is 0.0674. The molecule has 0 aromatic heterocycles. The Bertz CT molecular complexity index is 769. The SMILES string of the molecule is CCCCCCCCCCCCCCCCCCCCCCCCCCCCCCCCCCCCCCCCCCCCCCCCCCCCCCCCCCC(=O)[O-].[Li+]. The van der Waals surface area contributed by atoms with Crippen LogP contribution < -0.4 is 24.0 Å². The largest absolute Gasteiger partial charge is 1.00 e. The van der Waals surface area contributed by atoms with Gasteiger partial charge in [-0.05, 0) is 12.8 Å². The molecule has 0 aliphatic carbocycles. The quantitative estimate of drug-likeness (QED) is 0.0451. The first-order chi connectivity index (χ1) is 30.3. The molecule has 0 aliphatic rings. The molecule has 0 aromatic rings. The van der Waals surface area contributed by atoms with Crippen molar-refractivity contribution in [3.63, 3.8) is 0 Å². The van der Waals surface area contributed by atoms with Crippen LogP contribution in [-0.2, 0) is 4.79 Å². The van der Waals surface area contributed by atoms with Crippen molar-refractivity contribution in [1.29, 1.82) is 0 Å². The van der Waals surface area contributed by atoms with Gasteiger partial charge in [-0.15, -0.1) is 0 Å². The van der Waals surface area contributed by atoms with E-state index in [9.17, 15) is 9.90 Å². The predicted molar refractivity (Wildman–Crippen MR) is 274 cm³/mol. The minimum absolute atomic E-state index is 0. The van der Waals surface area contributed by atoms with E-state index < -0.39 is 5.97 Å². The Labute approximate surface area is 405 Å². The Morgan fingerprint density at radius 1 is 0.210 bits per heavy atom. The van der Waals surface area contributed by atoms with E-state index in [0.717, 1.165) is 12.8 Å². The maximum atomic E-state index is 10.4. The molecule has 0 heterocycles. The number of carboxylic acid groups (broad SMARTS) is 1. The summed E-state index contributed by atoms with van der Waals surface area (Å²) in [6.07, 6.45) is 80.9. The van der Waals surface area contributed by atoms with Crippen molar-refractivity contribution < 1.29 is 28.8 Å². The number of carboxylic acids is 1. The van der Waals surface area contributed by atoms with Crippen LogP contribution in [0.4, 0.5) is 0 Å². The fourth-order valence-corrected chi connectivity index (χ4v) is 9.89. The molecule has 62 heavy (non-hydrogen) atoms. The third kappa shape index (κ3) is 62.2. The molecular formula is C59H117LiO2. The summed E-state index contributed by atoms with van der Waals surface area (Å²) >= 11 is 0. The van der Waals surface area contributed by atoms with Gasteiger partial charge < -0.3 is 9.90 Å². The minimum atomic E-state index is -0.895. The van der Waals surface area contributed by atoms with Gasteiger partial charge in [0.1, 0.15) is 0 Å². The summed E-state index contributed by atoms with van der Waals surface area (Å²) < 4.78 is 0. The van der Waals surface area contributed by atoms with Crippen LogP contribution >= 0.6 is 0 Å². The van der Waals surface area contributed by atoms with E-state index in [0.29, 0.717) is 0 Å². The van der Waals surface area contributed by atoms with Crippen molar-refractivity contribution in [1.82, 2.24) is 0 Å². The second kappa shape index (κ2) is 61.1. The molecule has 0 atom stereocenters. The maximum Gasteiger partial charge on any atom is 1.00 e. The van der Waals surface area contributed by atoms with Crippen LogP contribution in [0, 0.1) is 0 Å². The number of carbonyl (C=O) groups is 1. The number of unbranched alkanes of at least 4 members (excludes halogenated alkanes) is 55. The van der Waals surface area contributed by atoms with E-state index in [1.54, 1.807) is 0 Å². The fourth-order valence-electron chi connectivity index (χ4n) is 9.89. The summed E-state index contributed by atoms with van der Waals surface area (Å²) in [5, 5.41) is 10.4. The first-order valence-electron chi connectivity index (χ1n) is 29.5. The summed E-state index contributed by atoms with van der Waals surface area (Å²) in [5.74, 6) is -0.895. The van der Waals surface area contributed by atoms with Gasteiger partial charge in [-0.3, -0.25) is 0 Å². The number of rotatable bonds is 57. The van der Waals surface area contributed by atoms with Crippen molar-refractivity contribution >= 4 is 5.97 Å². The van der Waals surface area contributed by atoms with E-state index in [-0.39, 0.29) is 25.3 Å². The molecule has 0 aromatic carbocycles. The number of aliphatic carboxylic acids is 1. The number of hydrogen-bond donors (Lipinski definition) is 0. The van der Waals surface area contributed by atoms with Gasteiger partial charge in [0.05, 0.1) is 0 Å². The van der Waals surface area contributed by atoms with Crippen LogP contribution in [0.2, 0.25) is 0 Å². The first kappa shape index (κ1) is 64.2. The molecule has 0 fully saturated rings. The van der Waals surface area contributed by atoms with Crippen LogP contribution in [-0.4, -0.2) is 5.97 Å². The smallest absolute Gasteiger partial charge is 0.550 e. The Kier molecular flexibility index (Phi) is 63.2. The molecule has 3 heteroatoms. The Morgan fingerprint density at radius 2 is 0.306 bits per heavy atom. The van der Waals surface area contributed by atoms with Crippen molar-refractivity contribution in [2.24, 2.45) is 0 Å². The van der Waals surface area contributed by atoms with Crippen molar-refractivity contribution in [2.75, 3.05) is 0 Å². The summed E-state index contributed by atoms with van der Waals surface area (Å²) in [4.78, 5) is 10.4. The molecule has 0 spiro atoms. The van der Waals surface area contributed by atoms with E-state index in [1.807, 2.05) is 0 Å². The normalized spacial score (nSPS) is 11.4. The van der Waals surface area contributed by atoms with Crippen molar-refractivity contribution in [3.8, 4) is 0 Å². The number of carbonyl (C=O) groups excluding carboxylic acids is 1. The molecule has 366 valence electrons. The maximum absolute atomic E-state index is 10.4. The van der Waals surface area contributed by atoms with Gasteiger partial charge in [-0.2, -0.15) is 0 Å². The predicted octanol–water partition coefficient (Wildman–Crippen LogP) is 18.0. The van der Waals surface area contributed by atoms with E-state index in [4.69, 9.17) is 0 Å². The molecule has 0 aliphatic heterocycles. The van der Waals surface area contributed by atoms with E-state index in [2.05, 4.69) is 6.92 Å².